The van der Waals surface area contributed by atoms with Gasteiger partial charge in [-0.05, 0) is 30.5 Å². The summed E-state index contributed by atoms with van der Waals surface area (Å²) in [6, 6.07) is 7.21. The number of carboxylic acid groups (broad SMARTS) is 1. The predicted octanol–water partition coefficient (Wildman–Crippen LogP) is 2.79. The highest BCUT2D eigenvalue weighted by Crippen LogP contribution is 2.07. The molecule has 0 aromatic heterocycles. The monoisotopic (exact) mass is 303 g/mol. The van der Waals surface area contributed by atoms with Gasteiger partial charge in [-0.1, -0.05) is 31.4 Å². The second kappa shape index (κ2) is 9.46. The highest BCUT2D eigenvalue weighted by atomic mass is 16.5. The van der Waals surface area contributed by atoms with Gasteiger partial charge in [-0.3, -0.25) is 4.79 Å². The Morgan fingerprint density at radius 3 is 2.59 bits per heavy atom. The van der Waals surface area contributed by atoms with Crippen molar-refractivity contribution in [2.24, 2.45) is 5.92 Å². The SMILES string of the molecule is C#Cc1ccc(COC(=O)NCCCCC(C)C(=O)O)cc1. The minimum absolute atomic E-state index is 0.187. The number of carbonyl (C=O) groups excluding carboxylic acids is 1. The van der Waals surface area contributed by atoms with Crippen LogP contribution in [0.15, 0.2) is 24.3 Å². The molecule has 5 heteroatoms. The number of unbranched alkanes of at least 4 members (excludes halogenated alkanes) is 1. The summed E-state index contributed by atoms with van der Waals surface area (Å²) >= 11 is 0. The average molecular weight is 303 g/mol. The molecule has 0 aliphatic carbocycles. The molecule has 0 aliphatic rings. The molecule has 1 aromatic carbocycles. The molecule has 1 atom stereocenters. The number of alkyl carbamates (subject to hydrolysis) is 1. The number of benzene rings is 1. The Labute approximate surface area is 130 Å². The van der Waals surface area contributed by atoms with Gasteiger partial charge in [-0.2, -0.15) is 0 Å². The fourth-order valence-electron chi connectivity index (χ4n) is 1.79. The third-order valence-electron chi connectivity index (χ3n) is 3.25. The first-order valence-electron chi connectivity index (χ1n) is 7.22. The zero-order chi connectivity index (χ0) is 16.4. The molecule has 0 saturated carbocycles. The van der Waals surface area contributed by atoms with E-state index in [1.165, 1.54) is 0 Å². The summed E-state index contributed by atoms with van der Waals surface area (Å²) in [7, 11) is 0. The Morgan fingerprint density at radius 1 is 1.32 bits per heavy atom. The van der Waals surface area contributed by atoms with Crippen LogP contribution in [0.25, 0.3) is 0 Å². The molecular weight excluding hydrogens is 282 g/mol. The molecule has 1 amide bonds. The Morgan fingerprint density at radius 2 is 2.00 bits per heavy atom. The van der Waals surface area contributed by atoms with E-state index < -0.39 is 12.1 Å². The predicted molar refractivity (Wildman–Crippen MR) is 83.2 cm³/mol. The van der Waals surface area contributed by atoms with Gasteiger partial charge in [0.25, 0.3) is 0 Å². The van der Waals surface area contributed by atoms with Gasteiger partial charge < -0.3 is 15.2 Å². The number of hydrogen-bond acceptors (Lipinski definition) is 3. The van der Waals surface area contributed by atoms with Crippen molar-refractivity contribution in [3.05, 3.63) is 35.4 Å². The molecule has 1 unspecified atom stereocenters. The highest BCUT2D eigenvalue weighted by Gasteiger charge is 2.09. The normalized spacial score (nSPS) is 11.3. The van der Waals surface area contributed by atoms with Gasteiger partial charge in [-0.25, -0.2) is 4.79 Å². The third-order valence-corrected chi connectivity index (χ3v) is 3.25. The van der Waals surface area contributed by atoms with E-state index in [0.717, 1.165) is 24.0 Å². The lowest BCUT2D eigenvalue weighted by atomic mass is 10.0. The van der Waals surface area contributed by atoms with E-state index in [2.05, 4.69) is 11.2 Å². The molecule has 0 heterocycles. The molecule has 22 heavy (non-hydrogen) atoms. The third kappa shape index (κ3) is 6.80. The zero-order valence-electron chi connectivity index (χ0n) is 12.7. The molecule has 0 saturated heterocycles. The summed E-state index contributed by atoms with van der Waals surface area (Å²) in [6.07, 6.45) is 6.86. The first kappa shape index (κ1) is 17.6. The first-order valence-corrected chi connectivity index (χ1v) is 7.22. The van der Waals surface area contributed by atoms with Crippen LogP contribution in [-0.4, -0.2) is 23.7 Å². The molecule has 1 rings (SSSR count). The quantitative estimate of drug-likeness (QED) is 0.572. The maximum Gasteiger partial charge on any atom is 0.407 e. The van der Waals surface area contributed by atoms with Crippen LogP contribution < -0.4 is 5.32 Å². The minimum Gasteiger partial charge on any atom is -0.481 e. The highest BCUT2D eigenvalue weighted by molar-refractivity contribution is 5.69. The van der Waals surface area contributed by atoms with Crippen molar-refractivity contribution in [1.29, 1.82) is 0 Å². The van der Waals surface area contributed by atoms with E-state index in [9.17, 15) is 9.59 Å². The first-order chi connectivity index (χ1) is 10.5. The number of rotatable bonds is 8. The van der Waals surface area contributed by atoms with Crippen molar-refractivity contribution >= 4 is 12.1 Å². The number of carboxylic acids is 1. The van der Waals surface area contributed by atoms with Gasteiger partial charge in [-0.15, -0.1) is 6.42 Å². The van der Waals surface area contributed by atoms with Crippen LogP contribution in [0.2, 0.25) is 0 Å². The summed E-state index contributed by atoms with van der Waals surface area (Å²) < 4.78 is 5.07. The van der Waals surface area contributed by atoms with Crippen LogP contribution in [0.5, 0.6) is 0 Å². The molecule has 0 fully saturated rings. The maximum absolute atomic E-state index is 11.5. The Bertz CT molecular complexity index is 531. The van der Waals surface area contributed by atoms with Crippen molar-refractivity contribution in [2.45, 2.75) is 32.8 Å². The lowest BCUT2D eigenvalue weighted by molar-refractivity contribution is -0.141. The molecule has 118 valence electrons. The minimum atomic E-state index is -0.789. The molecule has 0 spiro atoms. The molecule has 1 aromatic rings. The van der Waals surface area contributed by atoms with Gasteiger partial charge >= 0.3 is 12.1 Å². The van der Waals surface area contributed by atoms with E-state index in [-0.39, 0.29) is 12.5 Å². The molecule has 0 radical (unpaired) electrons. The summed E-state index contributed by atoms with van der Waals surface area (Å²) in [5, 5.41) is 11.4. The van der Waals surface area contributed by atoms with Crippen molar-refractivity contribution in [2.75, 3.05) is 6.54 Å². The van der Waals surface area contributed by atoms with E-state index in [4.69, 9.17) is 16.3 Å². The van der Waals surface area contributed by atoms with Crippen LogP contribution in [-0.2, 0) is 16.1 Å². The lowest BCUT2D eigenvalue weighted by Crippen LogP contribution is -2.25. The maximum atomic E-state index is 11.5. The zero-order valence-corrected chi connectivity index (χ0v) is 12.7. The molecular formula is C17H21NO4. The van der Waals surface area contributed by atoms with Crippen LogP contribution in [0.3, 0.4) is 0 Å². The van der Waals surface area contributed by atoms with E-state index in [0.29, 0.717) is 13.0 Å². The van der Waals surface area contributed by atoms with Crippen molar-refractivity contribution in [3.63, 3.8) is 0 Å². The van der Waals surface area contributed by atoms with Crippen molar-refractivity contribution in [3.8, 4) is 12.3 Å². The Hall–Kier alpha value is -2.48. The number of terminal acetylenes is 1. The fraction of sp³-hybridized carbons (Fsp3) is 0.412. The second-order valence-corrected chi connectivity index (χ2v) is 5.08. The van der Waals surface area contributed by atoms with Gasteiger partial charge in [0.05, 0.1) is 5.92 Å². The largest absolute Gasteiger partial charge is 0.481 e. The Balaban J connectivity index is 2.13. The average Bonchev–Trinajstić information content (AvgIpc) is 2.52. The summed E-state index contributed by atoms with van der Waals surface area (Å²) in [5.41, 5.74) is 1.65. The van der Waals surface area contributed by atoms with E-state index in [1.54, 1.807) is 19.1 Å². The molecule has 2 N–H and O–H groups in total. The van der Waals surface area contributed by atoms with Crippen molar-refractivity contribution in [1.82, 2.24) is 5.32 Å². The number of amides is 1. The van der Waals surface area contributed by atoms with Gasteiger partial charge in [0.1, 0.15) is 6.61 Å². The molecule has 0 aliphatic heterocycles. The van der Waals surface area contributed by atoms with Crippen LogP contribution >= 0.6 is 0 Å². The number of hydrogen-bond donors (Lipinski definition) is 2. The number of ether oxygens (including phenoxy) is 1. The lowest BCUT2D eigenvalue weighted by Gasteiger charge is -2.08. The fourth-order valence-corrected chi connectivity index (χ4v) is 1.79. The molecule has 5 nitrogen and oxygen atoms in total. The summed E-state index contributed by atoms with van der Waals surface area (Å²) in [5.74, 6) is 1.38. The van der Waals surface area contributed by atoms with Crippen LogP contribution in [0, 0.1) is 18.3 Å². The van der Waals surface area contributed by atoms with Gasteiger partial charge in [0.2, 0.25) is 0 Å². The van der Waals surface area contributed by atoms with Crippen LogP contribution in [0.1, 0.15) is 37.3 Å². The number of nitrogens with one attached hydrogen (secondary N) is 1. The standard InChI is InChI=1S/C17H21NO4/c1-3-14-7-9-15(10-8-14)12-22-17(21)18-11-5-4-6-13(2)16(19)20/h1,7-10,13H,4-6,11-12H2,2H3,(H,18,21)(H,19,20). The molecule has 0 bridgehead atoms. The van der Waals surface area contributed by atoms with E-state index >= 15 is 0 Å². The smallest absolute Gasteiger partial charge is 0.407 e. The van der Waals surface area contributed by atoms with Crippen LogP contribution in [0.4, 0.5) is 4.79 Å². The topological polar surface area (TPSA) is 75.6 Å². The second-order valence-electron chi connectivity index (χ2n) is 5.08. The number of aliphatic carboxylic acids is 1. The summed E-state index contributed by atoms with van der Waals surface area (Å²) in [4.78, 5) is 22.1. The van der Waals surface area contributed by atoms with Gasteiger partial charge in [0, 0.05) is 12.1 Å². The Kier molecular flexibility index (Phi) is 7.55. The van der Waals surface area contributed by atoms with Gasteiger partial charge in [0.15, 0.2) is 0 Å². The van der Waals surface area contributed by atoms with Crippen molar-refractivity contribution < 1.29 is 19.4 Å². The summed E-state index contributed by atoms with van der Waals surface area (Å²) in [6.45, 7) is 2.34. The van der Waals surface area contributed by atoms with E-state index in [1.807, 2.05) is 12.1 Å². The number of carbonyl (C=O) groups is 2.